The fourth-order valence-electron chi connectivity index (χ4n) is 0.548. The lowest BCUT2D eigenvalue weighted by Gasteiger charge is -2.13. The molecule has 1 aliphatic rings. The van der Waals surface area contributed by atoms with Crippen LogP contribution in [0.15, 0.2) is 16.1 Å². The molecule has 2 nitrogen and oxygen atoms in total. The van der Waals surface area contributed by atoms with Crippen molar-refractivity contribution in [2.75, 3.05) is 0 Å². The monoisotopic (exact) mass is 208 g/mol. The van der Waals surface area contributed by atoms with Crippen LogP contribution < -0.4 is 5.73 Å². The number of nitrogens with zero attached hydrogens (tertiary/aromatic N) is 1. The quantitative estimate of drug-likeness (QED) is 0.473. The summed E-state index contributed by atoms with van der Waals surface area (Å²) >= 11 is 8.84. The fourth-order valence-corrected chi connectivity index (χ4v) is 1.02. The Balaban J connectivity index is 2.70. The molecule has 0 fully saturated rings. The molecule has 0 radical (unpaired) electrons. The number of aliphatic imine (C=N–C) groups is 1. The molecule has 0 aromatic carbocycles. The van der Waals surface area contributed by atoms with E-state index in [1.807, 2.05) is 0 Å². The molecule has 50 valence electrons. The summed E-state index contributed by atoms with van der Waals surface area (Å²) in [4.78, 5) is 3.94. The lowest BCUT2D eigenvalue weighted by atomic mass is 10.2. The van der Waals surface area contributed by atoms with Gasteiger partial charge in [-0.05, 0) is 6.08 Å². The highest BCUT2D eigenvalue weighted by Crippen LogP contribution is 2.14. The number of hydrogen-bond acceptors (Lipinski definition) is 2. The second kappa shape index (κ2) is 2.82. The van der Waals surface area contributed by atoms with E-state index in [0.717, 1.165) is 0 Å². The first-order chi connectivity index (χ1) is 4.20. The summed E-state index contributed by atoms with van der Waals surface area (Å²) in [5.41, 5.74) is 5.55. The standard InChI is InChI=1S/C5H6BrClN2/c6-5-4(8)1-3(7)2-9-5/h1-2,4-5H,8H2. The number of rotatable bonds is 0. The van der Waals surface area contributed by atoms with Crippen LogP contribution in [0.4, 0.5) is 0 Å². The van der Waals surface area contributed by atoms with E-state index in [4.69, 9.17) is 17.3 Å². The molecule has 9 heavy (non-hydrogen) atoms. The predicted octanol–water partition coefficient (Wildman–Crippen LogP) is 1.24. The Hall–Kier alpha value is 0.140. The average Bonchev–Trinajstić information content (AvgIpc) is 1.80. The third-order valence-electron chi connectivity index (χ3n) is 1.01. The van der Waals surface area contributed by atoms with Gasteiger partial charge in [-0.1, -0.05) is 27.5 Å². The Bertz CT molecular complexity index is 166. The van der Waals surface area contributed by atoms with Crippen LogP contribution >= 0.6 is 27.5 Å². The predicted molar refractivity (Wildman–Crippen MR) is 43.1 cm³/mol. The zero-order valence-corrected chi connectivity index (χ0v) is 6.93. The van der Waals surface area contributed by atoms with E-state index in [-0.39, 0.29) is 11.0 Å². The van der Waals surface area contributed by atoms with Crippen molar-refractivity contribution in [2.45, 2.75) is 11.0 Å². The maximum atomic E-state index is 5.59. The van der Waals surface area contributed by atoms with Crippen molar-refractivity contribution < 1.29 is 0 Å². The molecular formula is C5H6BrClN2. The highest BCUT2D eigenvalue weighted by atomic mass is 79.9. The van der Waals surface area contributed by atoms with Gasteiger partial charge in [0.25, 0.3) is 0 Å². The first-order valence-electron chi connectivity index (χ1n) is 2.50. The first kappa shape index (κ1) is 7.25. The zero-order chi connectivity index (χ0) is 6.85. The molecule has 0 amide bonds. The fraction of sp³-hybridized carbons (Fsp3) is 0.400. The Morgan fingerprint density at radius 1 is 1.78 bits per heavy atom. The maximum absolute atomic E-state index is 5.59. The van der Waals surface area contributed by atoms with E-state index in [0.29, 0.717) is 5.03 Å². The van der Waals surface area contributed by atoms with Crippen LogP contribution in [0.1, 0.15) is 0 Å². The molecule has 0 spiro atoms. The summed E-state index contributed by atoms with van der Waals surface area (Å²) in [6, 6.07) is -0.0949. The van der Waals surface area contributed by atoms with Gasteiger partial charge < -0.3 is 5.73 Å². The number of hydrogen-bond donors (Lipinski definition) is 1. The molecule has 0 aliphatic carbocycles. The number of dihydropyridines is 1. The number of nitrogens with two attached hydrogens (primary N) is 1. The molecule has 4 heteroatoms. The molecule has 0 aromatic heterocycles. The van der Waals surface area contributed by atoms with Gasteiger partial charge >= 0.3 is 0 Å². The molecule has 0 saturated carbocycles. The second-order valence-corrected chi connectivity index (χ2v) is 3.15. The van der Waals surface area contributed by atoms with Gasteiger partial charge in [0.2, 0.25) is 0 Å². The average molecular weight is 209 g/mol. The Kier molecular flexibility index (Phi) is 2.27. The summed E-state index contributed by atoms with van der Waals surface area (Å²) in [6.45, 7) is 0. The van der Waals surface area contributed by atoms with Gasteiger partial charge in [0, 0.05) is 6.21 Å². The van der Waals surface area contributed by atoms with E-state index < -0.39 is 0 Å². The van der Waals surface area contributed by atoms with Crippen LogP contribution in [0.25, 0.3) is 0 Å². The smallest absolute Gasteiger partial charge is 0.123 e. The second-order valence-electron chi connectivity index (χ2n) is 1.78. The molecule has 2 N–H and O–H groups in total. The summed E-state index contributed by atoms with van der Waals surface area (Å²) in [6.07, 6.45) is 3.35. The summed E-state index contributed by atoms with van der Waals surface area (Å²) < 4.78 is 0. The van der Waals surface area contributed by atoms with Crippen LogP contribution in [0, 0.1) is 0 Å². The molecule has 0 aromatic rings. The third-order valence-corrected chi connectivity index (χ3v) is 2.08. The van der Waals surface area contributed by atoms with Crippen LogP contribution in [0.3, 0.4) is 0 Å². The highest BCUT2D eigenvalue weighted by Gasteiger charge is 2.13. The van der Waals surface area contributed by atoms with Crippen molar-refractivity contribution in [3.05, 3.63) is 11.1 Å². The van der Waals surface area contributed by atoms with E-state index in [9.17, 15) is 0 Å². The van der Waals surface area contributed by atoms with Crippen LogP contribution in [-0.2, 0) is 0 Å². The topological polar surface area (TPSA) is 38.4 Å². The van der Waals surface area contributed by atoms with Gasteiger partial charge in [0.05, 0.1) is 11.1 Å². The van der Waals surface area contributed by atoms with Crippen molar-refractivity contribution >= 4 is 33.7 Å². The molecular weight excluding hydrogens is 203 g/mol. The van der Waals surface area contributed by atoms with E-state index in [1.54, 1.807) is 12.3 Å². The number of allylic oxidation sites excluding steroid dienone is 1. The maximum Gasteiger partial charge on any atom is 0.123 e. The van der Waals surface area contributed by atoms with Crippen molar-refractivity contribution in [1.29, 1.82) is 0 Å². The van der Waals surface area contributed by atoms with Gasteiger partial charge in [0.15, 0.2) is 0 Å². The first-order valence-corrected chi connectivity index (χ1v) is 3.79. The lowest BCUT2D eigenvalue weighted by Crippen LogP contribution is -2.29. The minimum Gasteiger partial charge on any atom is -0.322 e. The molecule has 0 bridgehead atoms. The minimum atomic E-state index is -0.0949. The lowest BCUT2D eigenvalue weighted by molar-refractivity contribution is 0.781. The van der Waals surface area contributed by atoms with Crippen molar-refractivity contribution in [3.63, 3.8) is 0 Å². The van der Waals surface area contributed by atoms with Crippen molar-refractivity contribution in [2.24, 2.45) is 10.7 Å². The number of alkyl halides is 1. The summed E-state index contributed by atoms with van der Waals surface area (Å²) in [7, 11) is 0. The Morgan fingerprint density at radius 3 is 2.89 bits per heavy atom. The van der Waals surface area contributed by atoms with Gasteiger partial charge in [-0.15, -0.1) is 0 Å². The Labute approximate surface area is 66.9 Å². The van der Waals surface area contributed by atoms with Gasteiger partial charge in [-0.25, -0.2) is 0 Å². The molecule has 1 aliphatic heterocycles. The normalized spacial score (nSPS) is 34.3. The van der Waals surface area contributed by atoms with Crippen LogP contribution in [-0.4, -0.2) is 17.2 Å². The molecule has 2 atom stereocenters. The highest BCUT2D eigenvalue weighted by molar-refractivity contribution is 9.09. The molecule has 0 saturated heterocycles. The summed E-state index contributed by atoms with van der Waals surface area (Å²) in [5, 5.41) is 0.609. The largest absolute Gasteiger partial charge is 0.322 e. The van der Waals surface area contributed by atoms with E-state index in [2.05, 4.69) is 20.9 Å². The summed E-state index contributed by atoms with van der Waals surface area (Å²) in [5.74, 6) is 0. The zero-order valence-electron chi connectivity index (χ0n) is 4.59. The molecule has 1 rings (SSSR count). The SMILES string of the molecule is NC1C=C(Cl)C=NC1Br. The third kappa shape index (κ3) is 1.78. The van der Waals surface area contributed by atoms with Crippen LogP contribution in [0.2, 0.25) is 0 Å². The van der Waals surface area contributed by atoms with Gasteiger partial charge in [0.1, 0.15) is 4.95 Å². The number of halogens is 2. The minimum absolute atomic E-state index is 0.0139. The van der Waals surface area contributed by atoms with Crippen molar-refractivity contribution in [3.8, 4) is 0 Å². The van der Waals surface area contributed by atoms with Crippen molar-refractivity contribution in [1.82, 2.24) is 0 Å². The molecule has 1 heterocycles. The van der Waals surface area contributed by atoms with Crippen LogP contribution in [0.5, 0.6) is 0 Å². The Morgan fingerprint density at radius 2 is 2.44 bits per heavy atom. The van der Waals surface area contributed by atoms with Gasteiger partial charge in [-0.3, -0.25) is 4.99 Å². The van der Waals surface area contributed by atoms with E-state index in [1.165, 1.54) is 0 Å². The molecule has 2 unspecified atom stereocenters. The van der Waals surface area contributed by atoms with Gasteiger partial charge in [-0.2, -0.15) is 0 Å². The van der Waals surface area contributed by atoms with E-state index >= 15 is 0 Å².